The fourth-order valence-electron chi connectivity index (χ4n) is 1.45. The first-order valence-electron chi connectivity index (χ1n) is 5.29. The van der Waals surface area contributed by atoms with E-state index in [0.29, 0.717) is 5.69 Å². The van der Waals surface area contributed by atoms with Gasteiger partial charge in [-0.05, 0) is 12.1 Å². The van der Waals surface area contributed by atoms with Crippen molar-refractivity contribution in [3.05, 3.63) is 46.2 Å². The SMILES string of the molecule is CC(C)c1cc(-c2ccc([N+](=O)[O-])cc2)no1. The molecule has 2 rings (SSSR count). The fourth-order valence-corrected chi connectivity index (χ4v) is 1.45. The van der Waals surface area contributed by atoms with Crippen LogP contribution in [0.5, 0.6) is 0 Å². The van der Waals surface area contributed by atoms with Crippen LogP contribution in [0.15, 0.2) is 34.9 Å². The van der Waals surface area contributed by atoms with Crippen LogP contribution in [0.1, 0.15) is 25.5 Å². The Morgan fingerprint density at radius 1 is 1.29 bits per heavy atom. The van der Waals surface area contributed by atoms with Crippen LogP contribution in [0.4, 0.5) is 5.69 Å². The van der Waals surface area contributed by atoms with Gasteiger partial charge in [-0.2, -0.15) is 0 Å². The molecule has 0 spiro atoms. The van der Waals surface area contributed by atoms with E-state index in [-0.39, 0.29) is 11.6 Å². The van der Waals surface area contributed by atoms with Crippen molar-refractivity contribution in [3.63, 3.8) is 0 Å². The van der Waals surface area contributed by atoms with Gasteiger partial charge in [0.1, 0.15) is 11.5 Å². The molecule has 88 valence electrons. The molecular weight excluding hydrogens is 220 g/mol. The third kappa shape index (κ3) is 2.33. The molecule has 0 aliphatic carbocycles. The minimum atomic E-state index is -0.424. The fraction of sp³-hybridized carbons (Fsp3) is 0.250. The van der Waals surface area contributed by atoms with Gasteiger partial charge in [0.05, 0.1) is 4.92 Å². The van der Waals surface area contributed by atoms with Crippen molar-refractivity contribution in [2.45, 2.75) is 19.8 Å². The summed E-state index contributed by atoms with van der Waals surface area (Å²) >= 11 is 0. The molecule has 0 N–H and O–H groups in total. The van der Waals surface area contributed by atoms with Gasteiger partial charge in [-0.1, -0.05) is 19.0 Å². The molecule has 0 unspecified atom stereocenters. The summed E-state index contributed by atoms with van der Waals surface area (Å²) in [5, 5.41) is 14.5. The van der Waals surface area contributed by atoms with Gasteiger partial charge in [0.15, 0.2) is 0 Å². The second kappa shape index (κ2) is 4.37. The molecule has 5 heteroatoms. The van der Waals surface area contributed by atoms with E-state index in [4.69, 9.17) is 4.52 Å². The van der Waals surface area contributed by atoms with Gasteiger partial charge in [-0.15, -0.1) is 0 Å². The summed E-state index contributed by atoms with van der Waals surface area (Å²) in [6.45, 7) is 4.03. The summed E-state index contributed by atoms with van der Waals surface area (Å²) in [7, 11) is 0. The van der Waals surface area contributed by atoms with E-state index < -0.39 is 4.92 Å². The standard InChI is InChI=1S/C12H12N2O3/c1-8(2)12-7-11(13-17-12)9-3-5-10(6-4-9)14(15)16/h3-8H,1-2H3. The van der Waals surface area contributed by atoms with Crippen LogP contribution in [0, 0.1) is 10.1 Å². The smallest absolute Gasteiger partial charge is 0.269 e. The number of non-ortho nitro benzene ring substituents is 1. The van der Waals surface area contributed by atoms with Crippen LogP contribution >= 0.6 is 0 Å². The molecule has 17 heavy (non-hydrogen) atoms. The number of rotatable bonds is 3. The van der Waals surface area contributed by atoms with E-state index in [9.17, 15) is 10.1 Å². The molecule has 0 atom stereocenters. The summed E-state index contributed by atoms with van der Waals surface area (Å²) < 4.78 is 5.17. The Bertz CT molecular complexity index is 529. The zero-order valence-corrected chi connectivity index (χ0v) is 9.58. The van der Waals surface area contributed by atoms with Crippen LogP contribution < -0.4 is 0 Å². The first kappa shape index (κ1) is 11.3. The molecule has 2 aromatic rings. The van der Waals surface area contributed by atoms with Crippen LogP contribution in [0.3, 0.4) is 0 Å². The number of hydrogen-bond donors (Lipinski definition) is 0. The zero-order valence-electron chi connectivity index (χ0n) is 9.58. The van der Waals surface area contributed by atoms with Gasteiger partial charge in [-0.3, -0.25) is 10.1 Å². The van der Waals surface area contributed by atoms with E-state index in [1.54, 1.807) is 12.1 Å². The van der Waals surface area contributed by atoms with Gasteiger partial charge < -0.3 is 4.52 Å². The Morgan fingerprint density at radius 2 is 1.94 bits per heavy atom. The third-order valence-electron chi connectivity index (χ3n) is 2.47. The van der Waals surface area contributed by atoms with Crippen LogP contribution in [-0.4, -0.2) is 10.1 Å². The van der Waals surface area contributed by atoms with Crippen LogP contribution in [0.25, 0.3) is 11.3 Å². The lowest BCUT2D eigenvalue weighted by Gasteiger charge is -1.95. The molecule has 1 heterocycles. The van der Waals surface area contributed by atoms with Crippen molar-refractivity contribution in [2.24, 2.45) is 0 Å². The number of nitro groups is 1. The van der Waals surface area contributed by atoms with Gasteiger partial charge in [0, 0.05) is 29.7 Å². The average molecular weight is 232 g/mol. The van der Waals surface area contributed by atoms with Crippen molar-refractivity contribution in [1.29, 1.82) is 0 Å². The molecule has 0 bridgehead atoms. The van der Waals surface area contributed by atoms with E-state index in [1.165, 1.54) is 12.1 Å². The zero-order chi connectivity index (χ0) is 12.4. The molecule has 0 aliphatic heterocycles. The van der Waals surface area contributed by atoms with E-state index in [2.05, 4.69) is 5.16 Å². The second-order valence-electron chi connectivity index (χ2n) is 4.07. The first-order chi connectivity index (χ1) is 8.08. The highest BCUT2D eigenvalue weighted by Crippen LogP contribution is 2.24. The molecule has 1 aromatic carbocycles. The van der Waals surface area contributed by atoms with Gasteiger partial charge >= 0.3 is 0 Å². The van der Waals surface area contributed by atoms with E-state index in [0.717, 1.165) is 11.3 Å². The Morgan fingerprint density at radius 3 is 2.41 bits per heavy atom. The monoisotopic (exact) mass is 232 g/mol. The van der Waals surface area contributed by atoms with Gasteiger partial charge in [0.25, 0.3) is 5.69 Å². The summed E-state index contributed by atoms with van der Waals surface area (Å²) in [5.41, 5.74) is 1.58. The predicted molar refractivity (Wildman–Crippen MR) is 62.7 cm³/mol. The highest BCUT2D eigenvalue weighted by molar-refractivity contribution is 5.60. The lowest BCUT2D eigenvalue weighted by molar-refractivity contribution is -0.384. The Balaban J connectivity index is 2.30. The number of aromatic nitrogens is 1. The minimum Gasteiger partial charge on any atom is -0.361 e. The molecule has 0 fully saturated rings. The number of hydrogen-bond acceptors (Lipinski definition) is 4. The van der Waals surface area contributed by atoms with Crippen molar-refractivity contribution in [1.82, 2.24) is 5.16 Å². The van der Waals surface area contributed by atoms with Gasteiger partial charge in [-0.25, -0.2) is 0 Å². The third-order valence-corrected chi connectivity index (χ3v) is 2.47. The van der Waals surface area contributed by atoms with Crippen LogP contribution in [0.2, 0.25) is 0 Å². The maximum absolute atomic E-state index is 10.5. The number of nitrogens with zero attached hydrogens (tertiary/aromatic N) is 2. The highest BCUT2D eigenvalue weighted by atomic mass is 16.6. The normalized spacial score (nSPS) is 10.8. The molecule has 0 saturated carbocycles. The largest absolute Gasteiger partial charge is 0.361 e. The molecule has 0 radical (unpaired) electrons. The predicted octanol–water partition coefficient (Wildman–Crippen LogP) is 3.37. The molecular formula is C12H12N2O3. The molecule has 5 nitrogen and oxygen atoms in total. The molecule has 0 amide bonds. The summed E-state index contributed by atoms with van der Waals surface area (Å²) in [4.78, 5) is 10.1. The summed E-state index contributed by atoms with van der Waals surface area (Å²) in [5.74, 6) is 1.08. The quantitative estimate of drug-likeness (QED) is 0.600. The van der Waals surface area contributed by atoms with Crippen molar-refractivity contribution >= 4 is 5.69 Å². The average Bonchev–Trinajstić information content (AvgIpc) is 2.78. The summed E-state index contributed by atoms with van der Waals surface area (Å²) in [6.07, 6.45) is 0. The van der Waals surface area contributed by atoms with E-state index in [1.807, 2.05) is 19.9 Å². The number of benzene rings is 1. The van der Waals surface area contributed by atoms with Crippen LogP contribution in [-0.2, 0) is 0 Å². The Hall–Kier alpha value is -2.17. The molecule has 1 aromatic heterocycles. The lowest BCUT2D eigenvalue weighted by atomic mass is 10.1. The second-order valence-corrected chi connectivity index (χ2v) is 4.07. The van der Waals surface area contributed by atoms with Crippen molar-refractivity contribution in [2.75, 3.05) is 0 Å². The molecule has 0 saturated heterocycles. The topological polar surface area (TPSA) is 69.2 Å². The Labute approximate surface area is 98.2 Å². The van der Waals surface area contributed by atoms with Gasteiger partial charge in [0.2, 0.25) is 0 Å². The number of nitro benzene ring substituents is 1. The van der Waals surface area contributed by atoms with Crippen molar-refractivity contribution in [3.8, 4) is 11.3 Å². The van der Waals surface area contributed by atoms with Crippen molar-refractivity contribution < 1.29 is 9.45 Å². The Kier molecular flexibility index (Phi) is 2.91. The summed E-state index contributed by atoms with van der Waals surface area (Å²) in [6, 6.07) is 8.10. The maximum Gasteiger partial charge on any atom is 0.269 e. The molecule has 0 aliphatic rings. The highest BCUT2D eigenvalue weighted by Gasteiger charge is 2.11. The van der Waals surface area contributed by atoms with E-state index >= 15 is 0 Å². The first-order valence-corrected chi connectivity index (χ1v) is 5.29. The maximum atomic E-state index is 10.5. The lowest BCUT2D eigenvalue weighted by Crippen LogP contribution is -1.87. The minimum absolute atomic E-state index is 0.0707.